The Balaban J connectivity index is 1.35. The van der Waals surface area contributed by atoms with Gasteiger partial charge in [-0.15, -0.1) is 0 Å². The number of halogens is 1. The number of rotatable bonds is 3. The predicted molar refractivity (Wildman–Crippen MR) is 102 cm³/mol. The first-order chi connectivity index (χ1) is 13.0. The molecule has 3 unspecified atom stereocenters. The van der Waals surface area contributed by atoms with Crippen molar-refractivity contribution in [2.75, 3.05) is 11.4 Å². The average Bonchev–Trinajstić information content (AvgIpc) is 3.34. The van der Waals surface area contributed by atoms with Gasteiger partial charge in [-0.25, -0.2) is 9.37 Å². The van der Waals surface area contributed by atoms with E-state index in [0.29, 0.717) is 21.7 Å². The summed E-state index contributed by atoms with van der Waals surface area (Å²) in [6.07, 6.45) is 2.54. The Labute approximate surface area is 158 Å². The van der Waals surface area contributed by atoms with Gasteiger partial charge in [0.1, 0.15) is 5.82 Å². The van der Waals surface area contributed by atoms with E-state index in [2.05, 4.69) is 15.2 Å². The Morgan fingerprint density at radius 1 is 1.33 bits per heavy atom. The summed E-state index contributed by atoms with van der Waals surface area (Å²) in [6.45, 7) is 0.810. The van der Waals surface area contributed by atoms with Gasteiger partial charge in [0.15, 0.2) is 5.13 Å². The number of hydrogen-bond donors (Lipinski definition) is 1. The number of amides is 1. The predicted octanol–water partition coefficient (Wildman–Crippen LogP) is 2.14. The van der Waals surface area contributed by atoms with Crippen LogP contribution in [0.15, 0.2) is 41.3 Å². The van der Waals surface area contributed by atoms with Gasteiger partial charge in [-0.1, -0.05) is 17.4 Å². The maximum atomic E-state index is 14.0. The largest absolute Gasteiger partial charge is 0.347 e. The normalized spacial score (nSPS) is 23.5. The van der Waals surface area contributed by atoms with E-state index < -0.39 is 0 Å². The highest BCUT2D eigenvalue weighted by Crippen LogP contribution is 2.45. The SMILES string of the molecule is Cn1cc(C(=O)NC2C3CC2N(c2nc4cccc(F)c4s2)C3)ccc1=O. The lowest BCUT2D eigenvalue weighted by molar-refractivity contribution is 0.0893. The summed E-state index contributed by atoms with van der Waals surface area (Å²) in [6, 6.07) is 8.10. The number of thiazole rings is 1. The summed E-state index contributed by atoms with van der Waals surface area (Å²) in [4.78, 5) is 30.8. The third kappa shape index (κ3) is 2.55. The molecule has 0 spiro atoms. The zero-order valence-electron chi connectivity index (χ0n) is 14.6. The summed E-state index contributed by atoms with van der Waals surface area (Å²) in [7, 11) is 1.63. The number of pyridine rings is 1. The fourth-order valence-electron chi connectivity index (χ4n) is 4.04. The van der Waals surface area contributed by atoms with E-state index in [4.69, 9.17) is 0 Å². The van der Waals surface area contributed by atoms with Gasteiger partial charge in [0, 0.05) is 31.8 Å². The molecule has 1 saturated carbocycles. The molecule has 3 fully saturated rings. The van der Waals surface area contributed by atoms with E-state index in [9.17, 15) is 14.0 Å². The molecular formula is C19H17FN4O2S. The fourth-order valence-corrected chi connectivity index (χ4v) is 5.08. The Bertz CT molecular complexity index is 1120. The van der Waals surface area contributed by atoms with E-state index in [-0.39, 0.29) is 29.4 Å². The van der Waals surface area contributed by atoms with Gasteiger partial charge in [0.05, 0.1) is 27.9 Å². The van der Waals surface area contributed by atoms with Crippen LogP contribution in [0, 0.1) is 11.7 Å². The minimum Gasteiger partial charge on any atom is -0.347 e. The van der Waals surface area contributed by atoms with Crippen molar-refractivity contribution in [2.45, 2.75) is 18.5 Å². The molecule has 0 radical (unpaired) electrons. The molecule has 4 heterocycles. The van der Waals surface area contributed by atoms with Crippen molar-refractivity contribution >= 4 is 32.6 Å². The number of anilines is 1. The van der Waals surface area contributed by atoms with Crippen molar-refractivity contribution in [3.8, 4) is 0 Å². The zero-order valence-corrected chi connectivity index (χ0v) is 15.4. The van der Waals surface area contributed by atoms with Crippen LogP contribution in [0.2, 0.25) is 0 Å². The molecule has 3 atom stereocenters. The first kappa shape index (κ1) is 16.4. The highest BCUT2D eigenvalue weighted by atomic mass is 32.1. The summed E-state index contributed by atoms with van der Waals surface area (Å²) in [5.74, 6) is -0.0619. The lowest BCUT2D eigenvalue weighted by Crippen LogP contribution is -2.54. The quantitative estimate of drug-likeness (QED) is 0.751. The van der Waals surface area contributed by atoms with Crippen molar-refractivity contribution in [3.63, 3.8) is 0 Å². The molecule has 3 aliphatic rings. The lowest BCUT2D eigenvalue weighted by Gasteiger charge is -2.36. The third-order valence-electron chi connectivity index (χ3n) is 5.55. The van der Waals surface area contributed by atoms with Crippen molar-refractivity contribution in [2.24, 2.45) is 13.0 Å². The smallest absolute Gasteiger partial charge is 0.253 e. The molecule has 6 nitrogen and oxygen atoms in total. The summed E-state index contributed by atoms with van der Waals surface area (Å²) in [5.41, 5.74) is 0.992. The van der Waals surface area contributed by atoms with Gasteiger partial charge in [-0.2, -0.15) is 0 Å². The van der Waals surface area contributed by atoms with Gasteiger partial charge in [-0.3, -0.25) is 9.59 Å². The number of aryl methyl sites for hydroxylation is 1. The van der Waals surface area contributed by atoms with Gasteiger partial charge in [-0.05, 0) is 24.6 Å². The van der Waals surface area contributed by atoms with Gasteiger partial charge >= 0.3 is 0 Å². The minimum atomic E-state index is -0.248. The maximum Gasteiger partial charge on any atom is 0.253 e. The molecule has 2 bridgehead atoms. The molecule has 1 aromatic carbocycles. The molecule has 2 saturated heterocycles. The summed E-state index contributed by atoms with van der Waals surface area (Å²) in [5, 5.41) is 3.90. The number of benzene rings is 1. The van der Waals surface area contributed by atoms with Crippen molar-refractivity contribution in [1.82, 2.24) is 14.9 Å². The Morgan fingerprint density at radius 3 is 2.96 bits per heavy atom. The number of hydrogen-bond acceptors (Lipinski definition) is 5. The Kier molecular flexibility index (Phi) is 3.58. The molecule has 2 aliphatic heterocycles. The average molecular weight is 384 g/mol. The van der Waals surface area contributed by atoms with E-state index in [1.54, 1.807) is 25.4 Å². The number of nitrogens with one attached hydrogen (secondary N) is 1. The van der Waals surface area contributed by atoms with Crippen LogP contribution in [0.4, 0.5) is 9.52 Å². The van der Waals surface area contributed by atoms with Crippen LogP contribution in [0.3, 0.4) is 0 Å². The van der Waals surface area contributed by atoms with E-state index >= 15 is 0 Å². The van der Waals surface area contributed by atoms with Crippen LogP contribution in [0.25, 0.3) is 10.2 Å². The van der Waals surface area contributed by atoms with E-state index in [1.807, 2.05) is 6.07 Å². The number of carbonyl (C=O) groups excluding carboxylic acids is 1. The maximum absolute atomic E-state index is 14.0. The van der Waals surface area contributed by atoms with Crippen LogP contribution in [0.1, 0.15) is 16.8 Å². The second-order valence-corrected chi connectivity index (χ2v) is 8.14. The molecular weight excluding hydrogens is 367 g/mol. The van der Waals surface area contributed by atoms with Gasteiger partial charge in [0.25, 0.3) is 5.91 Å². The molecule has 138 valence electrons. The molecule has 1 N–H and O–H groups in total. The molecule has 1 amide bonds. The van der Waals surface area contributed by atoms with Crippen LogP contribution < -0.4 is 15.8 Å². The van der Waals surface area contributed by atoms with Crippen LogP contribution in [0.5, 0.6) is 0 Å². The van der Waals surface area contributed by atoms with Crippen LogP contribution in [-0.2, 0) is 7.05 Å². The van der Waals surface area contributed by atoms with E-state index in [0.717, 1.165) is 18.1 Å². The first-order valence-electron chi connectivity index (χ1n) is 8.80. The van der Waals surface area contributed by atoms with Crippen LogP contribution >= 0.6 is 11.3 Å². The monoisotopic (exact) mass is 384 g/mol. The van der Waals surface area contributed by atoms with Crippen molar-refractivity contribution in [1.29, 1.82) is 0 Å². The lowest BCUT2D eigenvalue weighted by atomic mass is 9.80. The third-order valence-corrected chi connectivity index (χ3v) is 6.66. The van der Waals surface area contributed by atoms with Crippen LogP contribution in [-0.4, -0.2) is 34.1 Å². The summed E-state index contributed by atoms with van der Waals surface area (Å²) < 4.78 is 15.9. The number of nitrogens with zero attached hydrogens (tertiary/aromatic N) is 3. The Hall–Kier alpha value is -2.74. The standard InChI is InChI=1S/C19H17FN4O2S/c1-23-8-10(5-6-15(23)25)18(26)22-16-11-7-14(16)24(9-11)19-21-13-4-2-3-12(20)17(13)27-19/h2-6,8,11,14,16H,7,9H2,1H3,(H,22,26). The highest BCUT2D eigenvalue weighted by molar-refractivity contribution is 7.22. The Morgan fingerprint density at radius 2 is 2.19 bits per heavy atom. The molecule has 3 aromatic rings. The van der Waals surface area contributed by atoms with Crippen molar-refractivity contribution < 1.29 is 9.18 Å². The topological polar surface area (TPSA) is 67.2 Å². The molecule has 8 heteroatoms. The number of carbonyl (C=O) groups is 1. The fraction of sp³-hybridized carbons (Fsp3) is 0.316. The first-order valence-corrected chi connectivity index (χ1v) is 9.62. The number of aromatic nitrogens is 2. The molecule has 6 rings (SSSR count). The highest BCUT2D eigenvalue weighted by Gasteiger charge is 2.53. The molecule has 2 aromatic heterocycles. The number of fused-ring (bicyclic) bond motifs is 2. The van der Waals surface area contributed by atoms with E-state index in [1.165, 1.54) is 28.0 Å². The van der Waals surface area contributed by atoms with Gasteiger partial charge in [0.2, 0.25) is 5.56 Å². The van der Waals surface area contributed by atoms with Gasteiger partial charge < -0.3 is 14.8 Å². The van der Waals surface area contributed by atoms with Crippen molar-refractivity contribution in [3.05, 3.63) is 58.3 Å². The minimum absolute atomic E-state index is 0.0478. The second kappa shape index (κ2) is 5.88. The zero-order chi connectivity index (χ0) is 18.7. The second-order valence-electron chi connectivity index (χ2n) is 7.17. The summed E-state index contributed by atoms with van der Waals surface area (Å²) >= 11 is 1.36. The molecule has 27 heavy (non-hydrogen) atoms. The molecule has 1 aliphatic carbocycles.